The van der Waals surface area contributed by atoms with Crippen LogP contribution < -0.4 is 0 Å². The third-order valence-corrected chi connectivity index (χ3v) is 2.14. The Bertz CT molecular complexity index is 140. The molecule has 0 N–H and O–H groups in total. The zero-order valence-electron chi connectivity index (χ0n) is 8.22. The summed E-state index contributed by atoms with van der Waals surface area (Å²) >= 11 is 0. The lowest BCUT2D eigenvalue weighted by Crippen LogP contribution is -1.96. The van der Waals surface area contributed by atoms with Crippen molar-refractivity contribution in [3.8, 4) is 0 Å². The van der Waals surface area contributed by atoms with E-state index in [0.717, 1.165) is 5.92 Å². The Morgan fingerprint density at radius 1 is 1.36 bits per heavy atom. The fourth-order valence-electron chi connectivity index (χ4n) is 1.33. The largest absolute Gasteiger partial charge is 0.0916 e. The summed E-state index contributed by atoms with van der Waals surface area (Å²) < 4.78 is 0. The molecule has 0 spiro atoms. The average Bonchev–Trinajstić information content (AvgIpc) is 2.03. The van der Waals surface area contributed by atoms with Gasteiger partial charge in [-0.25, -0.2) is 0 Å². The SMILES string of the molecule is C/C=C\CC(C)/C(=C/C)CC. The van der Waals surface area contributed by atoms with Gasteiger partial charge in [0.1, 0.15) is 0 Å². The molecule has 0 saturated heterocycles. The molecule has 0 heterocycles. The Balaban J connectivity index is 3.89. The van der Waals surface area contributed by atoms with E-state index in [-0.39, 0.29) is 0 Å². The third-order valence-electron chi connectivity index (χ3n) is 2.14. The lowest BCUT2D eigenvalue weighted by molar-refractivity contribution is 0.666. The van der Waals surface area contributed by atoms with Gasteiger partial charge in [-0.15, -0.1) is 0 Å². The molecule has 0 radical (unpaired) electrons. The highest BCUT2D eigenvalue weighted by atomic mass is 14.1. The van der Waals surface area contributed by atoms with Crippen molar-refractivity contribution in [2.24, 2.45) is 5.92 Å². The maximum atomic E-state index is 2.29. The molecule has 0 aromatic heterocycles. The molecule has 0 fully saturated rings. The molecule has 11 heavy (non-hydrogen) atoms. The van der Waals surface area contributed by atoms with Gasteiger partial charge < -0.3 is 0 Å². The van der Waals surface area contributed by atoms with Crippen LogP contribution in [-0.4, -0.2) is 0 Å². The topological polar surface area (TPSA) is 0 Å². The number of hydrogen-bond acceptors (Lipinski definition) is 0. The van der Waals surface area contributed by atoms with Gasteiger partial charge in [-0.2, -0.15) is 0 Å². The third kappa shape index (κ3) is 4.02. The second kappa shape index (κ2) is 6.21. The van der Waals surface area contributed by atoms with Gasteiger partial charge in [0.2, 0.25) is 0 Å². The second-order valence-corrected chi connectivity index (χ2v) is 2.92. The second-order valence-electron chi connectivity index (χ2n) is 2.92. The first-order valence-electron chi connectivity index (χ1n) is 4.52. The molecule has 0 amide bonds. The highest BCUT2D eigenvalue weighted by Crippen LogP contribution is 2.17. The molecule has 0 aliphatic carbocycles. The molecule has 0 saturated carbocycles. The molecule has 0 heteroatoms. The van der Waals surface area contributed by atoms with E-state index in [4.69, 9.17) is 0 Å². The first kappa shape index (κ1) is 10.5. The van der Waals surface area contributed by atoms with Gasteiger partial charge in [0.15, 0.2) is 0 Å². The van der Waals surface area contributed by atoms with Crippen LogP contribution in [-0.2, 0) is 0 Å². The van der Waals surface area contributed by atoms with Gasteiger partial charge in [-0.1, -0.05) is 37.6 Å². The normalized spacial score (nSPS) is 15.8. The van der Waals surface area contributed by atoms with Crippen LogP contribution >= 0.6 is 0 Å². The predicted molar refractivity (Wildman–Crippen MR) is 52.6 cm³/mol. The summed E-state index contributed by atoms with van der Waals surface area (Å²) in [5.41, 5.74) is 1.57. The molecule has 0 aromatic rings. The molecule has 1 atom stereocenters. The van der Waals surface area contributed by atoms with Crippen LogP contribution in [0.4, 0.5) is 0 Å². The van der Waals surface area contributed by atoms with E-state index in [1.54, 1.807) is 5.57 Å². The van der Waals surface area contributed by atoms with Crippen molar-refractivity contribution in [3.05, 3.63) is 23.8 Å². The number of rotatable bonds is 4. The lowest BCUT2D eigenvalue weighted by atomic mass is 9.95. The molecule has 0 nitrogen and oxygen atoms in total. The number of hydrogen-bond donors (Lipinski definition) is 0. The summed E-state index contributed by atoms with van der Waals surface area (Å²) in [6.45, 7) is 8.72. The van der Waals surface area contributed by atoms with Crippen molar-refractivity contribution >= 4 is 0 Å². The van der Waals surface area contributed by atoms with Gasteiger partial charge >= 0.3 is 0 Å². The summed E-state index contributed by atoms with van der Waals surface area (Å²) in [5, 5.41) is 0. The fourth-order valence-corrected chi connectivity index (χ4v) is 1.33. The van der Waals surface area contributed by atoms with Crippen LogP contribution in [0.5, 0.6) is 0 Å². The van der Waals surface area contributed by atoms with Crippen LogP contribution in [0.2, 0.25) is 0 Å². The quantitative estimate of drug-likeness (QED) is 0.535. The Labute approximate surface area is 71.0 Å². The van der Waals surface area contributed by atoms with Crippen LogP contribution in [0.1, 0.15) is 40.5 Å². The van der Waals surface area contributed by atoms with Crippen molar-refractivity contribution in [2.45, 2.75) is 40.5 Å². The molecule has 0 aromatic carbocycles. The molecule has 64 valence electrons. The highest BCUT2D eigenvalue weighted by molar-refractivity contribution is 5.05. The molecule has 0 rings (SSSR count). The zero-order chi connectivity index (χ0) is 8.69. The molecule has 0 aliphatic rings. The smallest absolute Gasteiger partial charge is 0.0197 e. The molecular weight excluding hydrogens is 132 g/mol. The Kier molecular flexibility index (Phi) is 5.91. The standard InChI is InChI=1S/C11H20/c1-5-8-9-10(4)11(6-2)7-3/h5-6,8,10H,7,9H2,1-4H3/b8-5-,11-6+. The van der Waals surface area contributed by atoms with Gasteiger partial charge in [-0.05, 0) is 32.6 Å². The Hall–Kier alpha value is -0.520. The van der Waals surface area contributed by atoms with Gasteiger partial charge in [0.05, 0.1) is 0 Å². The first-order valence-corrected chi connectivity index (χ1v) is 4.52. The maximum Gasteiger partial charge on any atom is -0.0197 e. The van der Waals surface area contributed by atoms with E-state index in [1.165, 1.54) is 12.8 Å². The zero-order valence-corrected chi connectivity index (χ0v) is 8.22. The lowest BCUT2D eigenvalue weighted by Gasteiger charge is -2.11. The Morgan fingerprint density at radius 2 is 2.00 bits per heavy atom. The van der Waals surface area contributed by atoms with Crippen molar-refractivity contribution < 1.29 is 0 Å². The Morgan fingerprint density at radius 3 is 2.36 bits per heavy atom. The van der Waals surface area contributed by atoms with E-state index in [1.807, 2.05) is 0 Å². The van der Waals surface area contributed by atoms with Crippen molar-refractivity contribution in [1.82, 2.24) is 0 Å². The van der Waals surface area contributed by atoms with Gasteiger partial charge in [0.25, 0.3) is 0 Å². The van der Waals surface area contributed by atoms with Crippen molar-refractivity contribution in [3.63, 3.8) is 0 Å². The molecule has 0 bridgehead atoms. The van der Waals surface area contributed by atoms with Gasteiger partial charge in [0, 0.05) is 0 Å². The summed E-state index contributed by atoms with van der Waals surface area (Å²) in [4.78, 5) is 0. The molecular formula is C11H20. The van der Waals surface area contributed by atoms with Crippen molar-refractivity contribution in [2.75, 3.05) is 0 Å². The maximum absolute atomic E-state index is 2.29. The van der Waals surface area contributed by atoms with E-state index >= 15 is 0 Å². The van der Waals surface area contributed by atoms with Crippen LogP contribution in [0.25, 0.3) is 0 Å². The van der Waals surface area contributed by atoms with Gasteiger partial charge in [-0.3, -0.25) is 0 Å². The summed E-state index contributed by atoms with van der Waals surface area (Å²) in [6.07, 6.45) is 8.98. The first-order chi connectivity index (χ1) is 5.26. The minimum Gasteiger partial charge on any atom is -0.0916 e. The summed E-state index contributed by atoms with van der Waals surface area (Å²) in [6, 6.07) is 0. The molecule has 0 aliphatic heterocycles. The highest BCUT2D eigenvalue weighted by Gasteiger charge is 2.02. The minimum atomic E-state index is 0.723. The van der Waals surface area contributed by atoms with Crippen molar-refractivity contribution in [1.29, 1.82) is 0 Å². The van der Waals surface area contributed by atoms with Crippen LogP contribution in [0.3, 0.4) is 0 Å². The fraction of sp³-hybridized carbons (Fsp3) is 0.636. The predicted octanol–water partition coefficient (Wildman–Crippen LogP) is 3.95. The van der Waals surface area contributed by atoms with Crippen LogP contribution in [0.15, 0.2) is 23.8 Å². The van der Waals surface area contributed by atoms with Crippen LogP contribution in [0, 0.1) is 5.92 Å². The van der Waals surface area contributed by atoms with E-state index in [2.05, 4.69) is 45.9 Å². The number of allylic oxidation sites excluding steroid dienone is 4. The van der Waals surface area contributed by atoms with E-state index in [9.17, 15) is 0 Å². The summed E-state index contributed by atoms with van der Waals surface area (Å²) in [7, 11) is 0. The summed E-state index contributed by atoms with van der Waals surface area (Å²) in [5.74, 6) is 0.723. The molecule has 1 unspecified atom stereocenters. The minimum absolute atomic E-state index is 0.723. The van der Waals surface area contributed by atoms with E-state index in [0.29, 0.717) is 0 Å². The van der Waals surface area contributed by atoms with E-state index < -0.39 is 0 Å². The average molecular weight is 152 g/mol. The monoisotopic (exact) mass is 152 g/mol.